The van der Waals surface area contributed by atoms with Crippen LogP contribution in [0.25, 0.3) is 0 Å². The van der Waals surface area contributed by atoms with E-state index >= 15 is 0 Å². The van der Waals surface area contributed by atoms with E-state index in [0.29, 0.717) is 12.5 Å². The Bertz CT molecular complexity index is 545. The van der Waals surface area contributed by atoms with Crippen LogP contribution in [0.5, 0.6) is 0 Å². The van der Waals surface area contributed by atoms with Crippen LogP contribution in [-0.4, -0.2) is 36.0 Å². The molecule has 3 rings (SSSR count). The maximum Gasteiger partial charge on any atom is 0.227 e. The van der Waals surface area contributed by atoms with Crippen molar-refractivity contribution in [2.75, 3.05) is 19.6 Å². The normalized spacial score (nSPS) is 20.5. The summed E-state index contributed by atoms with van der Waals surface area (Å²) in [6, 6.07) is 7.76. The molecule has 0 spiro atoms. The van der Waals surface area contributed by atoms with Crippen LogP contribution in [0.2, 0.25) is 5.02 Å². The molecule has 0 bridgehead atoms. The lowest BCUT2D eigenvalue weighted by Gasteiger charge is -2.36. The SMILES string of the molecule is CC(C)(CNC(=O)C(c1ccc(Cl)cc1)C1CC1)N1CCCC1. The lowest BCUT2D eigenvalue weighted by atomic mass is 9.92. The van der Waals surface area contributed by atoms with E-state index < -0.39 is 0 Å². The molecule has 126 valence electrons. The lowest BCUT2D eigenvalue weighted by Crippen LogP contribution is -2.51. The number of nitrogens with zero attached hydrogens (tertiary/aromatic N) is 1. The minimum Gasteiger partial charge on any atom is -0.354 e. The molecule has 1 aliphatic heterocycles. The predicted octanol–water partition coefficient (Wildman–Crippen LogP) is 3.82. The molecule has 0 radical (unpaired) electrons. The molecular weight excluding hydrogens is 308 g/mol. The molecule has 0 aromatic heterocycles. The average molecular weight is 335 g/mol. The number of hydrogen-bond acceptors (Lipinski definition) is 2. The van der Waals surface area contributed by atoms with E-state index in [4.69, 9.17) is 11.6 Å². The maximum atomic E-state index is 12.8. The van der Waals surface area contributed by atoms with Gasteiger partial charge in [0.15, 0.2) is 0 Å². The van der Waals surface area contributed by atoms with Gasteiger partial charge in [-0.2, -0.15) is 0 Å². The number of likely N-dealkylation sites (tertiary alicyclic amines) is 1. The number of carbonyl (C=O) groups is 1. The Hall–Kier alpha value is -1.06. The Morgan fingerprint density at radius 2 is 1.87 bits per heavy atom. The second kappa shape index (κ2) is 6.82. The van der Waals surface area contributed by atoms with Gasteiger partial charge in [0.05, 0.1) is 5.92 Å². The minimum atomic E-state index is -0.0263. The van der Waals surface area contributed by atoms with E-state index in [1.165, 1.54) is 12.8 Å². The van der Waals surface area contributed by atoms with Gasteiger partial charge in [0.1, 0.15) is 0 Å². The quantitative estimate of drug-likeness (QED) is 0.857. The first kappa shape index (κ1) is 16.8. The van der Waals surface area contributed by atoms with Gasteiger partial charge in [0.2, 0.25) is 5.91 Å². The molecule has 2 aliphatic rings. The highest BCUT2D eigenvalue weighted by Gasteiger charge is 2.38. The number of hydrogen-bond donors (Lipinski definition) is 1. The topological polar surface area (TPSA) is 32.3 Å². The van der Waals surface area contributed by atoms with Gasteiger partial charge in [-0.15, -0.1) is 0 Å². The van der Waals surface area contributed by atoms with E-state index in [2.05, 4.69) is 24.1 Å². The minimum absolute atomic E-state index is 0.0263. The van der Waals surface area contributed by atoms with E-state index in [1.807, 2.05) is 24.3 Å². The summed E-state index contributed by atoms with van der Waals surface area (Å²) in [6.45, 7) is 7.46. The van der Waals surface area contributed by atoms with E-state index in [1.54, 1.807) is 0 Å². The number of nitrogens with one attached hydrogen (secondary N) is 1. The first-order valence-corrected chi connectivity index (χ1v) is 9.13. The third kappa shape index (κ3) is 4.07. The third-order valence-corrected chi connectivity index (χ3v) is 5.51. The summed E-state index contributed by atoms with van der Waals surface area (Å²) in [5, 5.41) is 3.94. The van der Waals surface area contributed by atoms with Crippen molar-refractivity contribution in [3.63, 3.8) is 0 Å². The summed E-state index contributed by atoms with van der Waals surface area (Å²) in [7, 11) is 0. The molecule has 1 heterocycles. The Morgan fingerprint density at radius 3 is 2.43 bits per heavy atom. The molecule has 1 amide bonds. The predicted molar refractivity (Wildman–Crippen MR) is 94.8 cm³/mol. The molecule has 1 N–H and O–H groups in total. The molecule has 1 saturated heterocycles. The molecule has 1 unspecified atom stereocenters. The van der Waals surface area contributed by atoms with Crippen LogP contribution in [0.1, 0.15) is 51.0 Å². The van der Waals surface area contributed by atoms with Crippen molar-refractivity contribution in [2.45, 2.75) is 51.0 Å². The highest BCUT2D eigenvalue weighted by atomic mass is 35.5. The molecular formula is C19H27ClN2O. The van der Waals surface area contributed by atoms with Crippen LogP contribution < -0.4 is 5.32 Å². The zero-order chi connectivity index (χ0) is 16.4. The molecule has 2 fully saturated rings. The van der Waals surface area contributed by atoms with Crippen LogP contribution >= 0.6 is 11.6 Å². The number of halogens is 1. The van der Waals surface area contributed by atoms with Gasteiger partial charge in [-0.25, -0.2) is 0 Å². The maximum absolute atomic E-state index is 12.8. The molecule has 1 aromatic carbocycles. The zero-order valence-corrected chi connectivity index (χ0v) is 14.9. The average Bonchev–Trinajstić information content (AvgIpc) is 3.18. The van der Waals surface area contributed by atoms with Gasteiger partial charge in [0, 0.05) is 17.1 Å². The van der Waals surface area contributed by atoms with Gasteiger partial charge >= 0.3 is 0 Å². The Balaban J connectivity index is 1.64. The Labute approximate surface area is 144 Å². The highest BCUT2D eigenvalue weighted by Crippen LogP contribution is 2.43. The fourth-order valence-corrected chi connectivity index (χ4v) is 3.71. The fourth-order valence-electron chi connectivity index (χ4n) is 3.58. The van der Waals surface area contributed by atoms with Crippen molar-refractivity contribution in [1.29, 1.82) is 0 Å². The summed E-state index contributed by atoms with van der Waals surface area (Å²) >= 11 is 5.98. The molecule has 1 saturated carbocycles. The van der Waals surface area contributed by atoms with Crippen molar-refractivity contribution in [1.82, 2.24) is 10.2 Å². The van der Waals surface area contributed by atoms with Gasteiger partial charge in [-0.05, 0) is 76.2 Å². The second-order valence-electron chi connectivity index (χ2n) is 7.59. The molecule has 1 aromatic rings. The highest BCUT2D eigenvalue weighted by molar-refractivity contribution is 6.30. The molecule has 1 aliphatic carbocycles. The molecule has 1 atom stereocenters. The number of rotatable bonds is 6. The second-order valence-corrected chi connectivity index (χ2v) is 8.03. The van der Waals surface area contributed by atoms with Crippen LogP contribution in [0.3, 0.4) is 0 Å². The van der Waals surface area contributed by atoms with Gasteiger partial charge in [-0.1, -0.05) is 23.7 Å². The van der Waals surface area contributed by atoms with Gasteiger partial charge < -0.3 is 5.32 Å². The van der Waals surface area contributed by atoms with E-state index in [0.717, 1.165) is 36.5 Å². The standard InChI is InChI=1S/C19H27ClN2O/c1-19(2,22-11-3-4-12-22)13-21-18(23)17(14-5-6-14)15-7-9-16(20)10-8-15/h7-10,14,17H,3-6,11-13H2,1-2H3,(H,21,23). The van der Waals surface area contributed by atoms with Gasteiger partial charge in [-0.3, -0.25) is 9.69 Å². The molecule has 23 heavy (non-hydrogen) atoms. The number of amides is 1. The van der Waals surface area contributed by atoms with Crippen LogP contribution in [0, 0.1) is 5.92 Å². The number of carbonyl (C=O) groups excluding carboxylic acids is 1. The summed E-state index contributed by atoms with van der Waals surface area (Å²) in [5.74, 6) is 0.634. The molecule has 4 heteroatoms. The number of benzene rings is 1. The van der Waals surface area contributed by atoms with Crippen molar-refractivity contribution < 1.29 is 4.79 Å². The van der Waals surface area contributed by atoms with E-state index in [-0.39, 0.29) is 17.4 Å². The monoisotopic (exact) mass is 334 g/mol. The van der Waals surface area contributed by atoms with Crippen molar-refractivity contribution >= 4 is 17.5 Å². The van der Waals surface area contributed by atoms with Crippen LogP contribution in [0.15, 0.2) is 24.3 Å². The third-order valence-electron chi connectivity index (χ3n) is 5.26. The van der Waals surface area contributed by atoms with Crippen molar-refractivity contribution in [3.8, 4) is 0 Å². The van der Waals surface area contributed by atoms with Crippen LogP contribution in [-0.2, 0) is 4.79 Å². The Morgan fingerprint density at radius 1 is 1.26 bits per heavy atom. The largest absolute Gasteiger partial charge is 0.354 e. The van der Waals surface area contributed by atoms with Crippen molar-refractivity contribution in [3.05, 3.63) is 34.9 Å². The Kier molecular flexibility index (Phi) is 4.98. The molecule has 3 nitrogen and oxygen atoms in total. The van der Waals surface area contributed by atoms with Crippen LogP contribution in [0.4, 0.5) is 0 Å². The summed E-state index contributed by atoms with van der Waals surface area (Å²) in [4.78, 5) is 15.3. The zero-order valence-electron chi connectivity index (χ0n) is 14.1. The fraction of sp³-hybridized carbons (Fsp3) is 0.632. The summed E-state index contributed by atoms with van der Waals surface area (Å²) in [5.41, 5.74) is 1.12. The smallest absolute Gasteiger partial charge is 0.227 e. The lowest BCUT2D eigenvalue weighted by molar-refractivity contribution is -0.123. The van der Waals surface area contributed by atoms with E-state index in [9.17, 15) is 4.79 Å². The van der Waals surface area contributed by atoms with Gasteiger partial charge in [0.25, 0.3) is 0 Å². The first-order valence-electron chi connectivity index (χ1n) is 8.75. The van der Waals surface area contributed by atoms with Crippen molar-refractivity contribution in [2.24, 2.45) is 5.92 Å². The summed E-state index contributed by atoms with van der Waals surface area (Å²) in [6.07, 6.45) is 4.84. The first-order chi connectivity index (χ1) is 11.0. The summed E-state index contributed by atoms with van der Waals surface area (Å²) < 4.78 is 0.